The summed E-state index contributed by atoms with van der Waals surface area (Å²) in [6.45, 7) is 6.37. The van der Waals surface area contributed by atoms with Crippen molar-refractivity contribution in [3.63, 3.8) is 0 Å². The maximum Gasteiger partial charge on any atom is 0.186 e. The number of allylic oxidation sites excluding steroid dienone is 5. The van der Waals surface area contributed by atoms with E-state index in [0.717, 1.165) is 4.91 Å². The van der Waals surface area contributed by atoms with E-state index in [0.29, 0.717) is 23.0 Å². The minimum absolute atomic E-state index is 0.0517. The first-order valence-electron chi connectivity index (χ1n) is 10.3. The molecule has 0 fully saturated rings. The van der Waals surface area contributed by atoms with Gasteiger partial charge in [-0.3, -0.25) is 0 Å². The van der Waals surface area contributed by atoms with E-state index in [2.05, 4.69) is 11.9 Å². The SMILES string of the molecule is C=C1/C=C\C=C(\C)Sc2c(Nc3c(F)c(F)c(-c4c(F)c(F)c(C)c(F)c4F)c(F)c3F)cccc21. The molecule has 0 aliphatic carbocycles. The van der Waals surface area contributed by atoms with Gasteiger partial charge in [0.1, 0.15) is 5.69 Å². The molecule has 0 unspecified atom stereocenters. The van der Waals surface area contributed by atoms with Crippen molar-refractivity contribution >= 4 is 28.7 Å². The van der Waals surface area contributed by atoms with Crippen molar-refractivity contribution in [2.45, 2.75) is 18.7 Å². The topological polar surface area (TPSA) is 12.0 Å². The second-order valence-corrected chi connectivity index (χ2v) is 9.09. The lowest BCUT2D eigenvalue weighted by molar-refractivity contribution is 0.438. The molecule has 4 rings (SSSR count). The molecule has 1 aliphatic rings. The summed E-state index contributed by atoms with van der Waals surface area (Å²) in [7, 11) is 0. The third-order valence-electron chi connectivity index (χ3n) is 5.51. The second kappa shape index (κ2) is 9.50. The zero-order chi connectivity index (χ0) is 26.5. The van der Waals surface area contributed by atoms with Gasteiger partial charge < -0.3 is 5.32 Å². The molecule has 0 radical (unpaired) electrons. The first-order chi connectivity index (χ1) is 17.0. The third kappa shape index (κ3) is 4.09. The Labute approximate surface area is 204 Å². The van der Waals surface area contributed by atoms with Gasteiger partial charge in [-0.2, -0.15) is 0 Å². The third-order valence-corrected chi connectivity index (χ3v) is 6.61. The number of rotatable bonds is 3. The number of halogens is 8. The molecule has 0 saturated heterocycles. The molecule has 0 saturated carbocycles. The van der Waals surface area contributed by atoms with Gasteiger partial charge in [-0.1, -0.05) is 48.7 Å². The average molecular weight is 525 g/mol. The Kier molecular flexibility index (Phi) is 6.74. The summed E-state index contributed by atoms with van der Waals surface area (Å²) in [6.07, 6.45) is 5.21. The van der Waals surface area contributed by atoms with Crippen LogP contribution in [0.25, 0.3) is 16.7 Å². The molecule has 186 valence electrons. The molecular formula is C26H15F8NS. The summed E-state index contributed by atoms with van der Waals surface area (Å²) in [6, 6.07) is 4.59. The molecule has 3 aromatic carbocycles. The fourth-order valence-corrected chi connectivity index (χ4v) is 4.65. The number of fused-ring (bicyclic) bond motifs is 1. The molecule has 0 atom stereocenters. The second-order valence-electron chi connectivity index (χ2n) is 7.83. The molecule has 10 heteroatoms. The van der Waals surface area contributed by atoms with E-state index in [1.54, 1.807) is 31.2 Å². The van der Waals surface area contributed by atoms with Crippen molar-refractivity contribution in [2.24, 2.45) is 0 Å². The minimum atomic E-state index is -2.24. The van der Waals surface area contributed by atoms with Crippen LogP contribution in [-0.4, -0.2) is 0 Å². The Hall–Kier alpha value is -3.53. The highest BCUT2D eigenvalue weighted by Gasteiger charge is 2.33. The van der Waals surface area contributed by atoms with Crippen LogP contribution < -0.4 is 5.32 Å². The minimum Gasteiger partial charge on any atom is -0.350 e. The van der Waals surface area contributed by atoms with Gasteiger partial charge in [-0.25, -0.2) is 35.1 Å². The standard InChI is InChI=1S/C26H15F8NS/c1-10-6-4-7-11(2)36-26-13(10)8-5-9-14(26)35-25-23(33)21(31)16(22(32)24(25)34)15-19(29)17(27)12(3)18(28)20(15)30/h4-9,35H,1H2,2-3H3/b6-4-,11-7-. The highest BCUT2D eigenvalue weighted by Crippen LogP contribution is 2.44. The van der Waals surface area contributed by atoms with Gasteiger partial charge in [0.15, 0.2) is 46.5 Å². The normalized spacial score (nSPS) is 15.6. The lowest BCUT2D eigenvalue weighted by Crippen LogP contribution is -2.10. The van der Waals surface area contributed by atoms with Crippen LogP contribution in [0.15, 0.2) is 52.8 Å². The van der Waals surface area contributed by atoms with Crippen molar-refractivity contribution in [3.8, 4) is 11.1 Å². The van der Waals surface area contributed by atoms with E-state index in [-0.39, 0.29) is 5.69 Å². The Morgan fingerprint density at radius 1 is 0.722 bits per heavy atom. The number of benzene rings is 3. The Bertz CT molecular complexity index is 1450. The van der Waals surface area contributed by atoms with Gasteiger partial charge in [0.05, 0.1) is 16.8 Å². The number of thioether (sulfide) groups is 1. The quantitative estimate of drug-likeness (QED) is 0.270. The fourth-order valence-electron chi connectivity index (χ4n) is 3.64. The van der Waals surface area contributed by atoms with E-state index < -0.39 is 68.9 Å². The summed E-state index contributed by atoms with van der Waals surface area (Å²) < 4.78 is 117. The van der Waals surface area contributed by atoms with Crippen LogP contribution in [0.1, 0.15) is 18.1 Å². The summed E-state index contributed by atoms with van der Waals surface area (Å²) in [4.78, 5) is 1.21. The van der Waals surface area contributed by atoms with Gasteiger partial charge in [0, 0.05) is 10.5 Å². The maximum absolute atomic E-state index is 15.0. The van der Waals surface area contributed by atoms with Crippen LogP contribution >= 0.6 is 11.8 Å². The lowest BCUT2D eigenvalue weighted by Gasteiger charge is -2.19. The molecule has 1 heterocycles. The van der Waals surface area contributed by atoms with Crippen LogP contribution in [0, 0.1) is 53.5 Å². The first-order valence-corrected chi connectivity index (χ1v) is 11.1. The zero-order valence-corrected chi connectivity index (χ0v) is 19.4. The summed E-state index contributed by atoms with van der Waals surface area (Å²) >= 11 is 1.20. The first kappa shape index (κ1) is 25.6. The molecule has 3 aromatic rings. The van der Waals surface area contributed by atoms with Crippen LogP contribution in [0.3, 0.4) is 0 Å². The van der Waals surface area contributed by atoms with E-state index >= 15 is 8.78 Å². The van der Waals surface area contributed by atoms with Crippen molar-refractivity contribution in [1.29, 1.82) is 0 Å². The number of anilines is 2. The van der Waals surface area contributed by atoms with E-state index in [1.807, 2.05) is 0 Å². The number of nitrogens with one attached hydrogen (secondary N) is 1. The van der Waals surface area contributed by atoms with Gasteiger partial charge in [-0.15, -0.1) is 0 Å². The average Bonchev–Trinajstić information content (AvgIpc) is 2.84. The maximum atomic E-state index is 15.0. The molecule has 0 amide bonds. The van der Waals surface area contributed by atoms with Crippen LogP contribution in [0.5, 0.6) is 0 Å². The summed E-state index contributed by atoms with van der Waals surface area (Å²) in [5, 5.41) is 2.30. The van der Waals surface area contributed by atoms with Gasteiger partial charge in [-0.05, 0) is 36.0 Å². The lowest BCUT2D eigenvalue weighted by atomic mass is 9.99. The molecule has 0 spiro atoms. The molecule has 1 N–H and O–H groups in total. The molecule has 36 heavy (non-hydrogen) atoms. The van der Waals surface area contributed by atoms with Crippen molar-refractivity contribution in [2.75, 3.05) is 5.32 Å². The van der Waals surface area contributed by atoms with Gasteiger partial charge in [0.25, 0.3) is 0 Å². The van der Waals surface area contributed by atoms with Crippen LogP contribution in [-0.2, 0) is 0 Å². The molecular weight excluding hydrogens is 510 g/mol. The molecule has 0 bridgehead atoms. The highest BCUT2D eigenvalue weighted by molar-refractivity contribution is 8.03. The number of hydrogen-bond donors (Lipinski definition) is 1. The van der Waals surface area contributed by atoms with Gasteiger partial charge in [0.2, 0.25) is 0 Å². The highest BCUT2D eigenvalue weighted by atomic mass is 32.2. The predicted octanol–water partition coefficient (Wildman–Crippen LogP) is 9.10. The van der Waals surface area contributed by atoms with Crippen molar-refractivity contribution in [1.82, 2.24) is 0 Å². The van der Waals surface area contributed by atoms with E-state index in [1.165, 1.54) is 23.9 Å². The fraction of sp³-hybridized carbons (Fsp3) is 0.0769. The Balaban J connectivity index is 1.91. The zero-order valence-electron chi connectivity index (χ0n) is 18.6. The summed E-state index contributed by atoms with van der Waals surface area (Å²) in [5.41, 5.74) is -5.06. The van der Waals surface area contributed by atoms with E-state index in [4.69, 9.17) is 0 Å². The molecule has 0 aromatic heterocycles. The molecule has 1 aliphatic heterocycles. The predicted molar refractivity (Wildman–Crippen MR) is 124 cm³/mol. The smallest absolute Gasteiger partial charge is 0.186 e. The number of hydrogen-bond acceptors (Lipinski definition) is 2. The van der Waals surface area contributed by atoms with Crippen molar-refractivity contribution in [3.05, 3.63) is 106 Å². The van der Waals surface area contributed by atoms with E-state index in [9.17, 15) is 26.3 Å². The van der Waals surface area contributed by atoms with Crippen LogP contribution in [0.4, 0.5) is 46.5 Å². The van der Waals surface area contributed by atoms with Crippen molar-refractivity contribution < 1.29 is 35.1 Å². The Morgan fingerprint density at radius 3 is 1.81 bits per heavy atom. The largest absolute Gasteiger partial charge is 0.350 e. The van der Waals surface area contributed by atoms with Crippen LogP contribution in [0.2, 0.25) is 0 Å². The molecule has 1 nitrogen and oxygen atoms in total. The summed E-state index contributed by atoms with van der Waals surface area (Å²) in [5.74, 6) is -16.9. The monoisotopic (exact) mass is 525 g/mol. The van der Waals surface area contributed by atoms with Gasteiger partial charge >= 0.3 is 0 Å². The Morgan fingerprint density at radius 2 is 1.25 bits per heavy atom.